The lowest BCUT2D eigenvalue weighted by atomic mass is 10.1. The van der Waals surface area contributed by atoms with Crippen LogP contribution in [0.4, 0.5) is 0 Å². The molecule has 1 atom stereocenters. The zero-order valence-corrected chi connectivity index (χ0v) is 11.6. The van der Waals surface area contributed by atoms with Crippen LogP contribution < -0.4 is 5.32 Å². The summed E-state index contributed by atoms with van der Waals surface area (Å²) in [6.07, 6.45) is 2.67. The minimum atomic E-state index is 0.470. The minimum absolute atomic E-state index is 0.470. The van der Waals surface area contributed by atoms with Crippen LogP contribution in [0.2, 0.25) is 0 Å². The first-order chi connectivity index (χ1) is 8.74. The van der Waals surface area contributed by atoms with Gasteiger partial charge < -0.3 is 9.73 Å². The molecule has 1 fully saturated rings. The molecule has 2 aromatic rings. The van der Waals surface area contributed by atoms with E-state index in [0.717, 1.165) is 23.3 Å². The van der Waals surface area contributed by atoms with Gasteiger partial charge in [0.15, 0.2) is 0 Å². The molecule has 96 valence electrons. The van der Waals surface area contributed by atoms with Crippen LogP contribution in [0.5, 0.6) is 0 Å². The van der Waals surface area contributed by atoms with Crippen molar-refractivity contribution >= 4 is 11.3 Å². The Balaban J connectivity index is 1.67. The van der Waals surface area contributed by atoms with Crippen LogP contribution in [-0.2, 0) is 6.54 Å². The molecule has 0 radical (unpaired) electrons. The van der Waals surface area contributed by atoms with Crippen molar-refractivity contribution in [1.29, 1.82) is 0 Å². The molecule has 0 aliphatic heterocycles. The van der Waals surface area contributed by atoms with Gasteiger partial charge in [0.05, 0.1) is 12.2 Å². The maximum absolute atomic E-state index is 5.61. The molecule has 1 saturated carbocycles. The minimum Gasteiger partial charge on any atom is -0.444 e. The van der Waals surface area contributed by atoms with Crippen molar-refractivity contribution in [2.75, 3.05) is 0 Å². The summed E-state index contributed by atoms with van der Waals surface area (Å²) in [7, 11) is 0. The zero-order chi connectivity index (χ0) is 12.5. The first-order valence-electron chi connectivity index (χ1n) is 6.43. The normalized spacial score (nSPS) is 17.0. The molecule has 0 spiro atoms. The fourth-order valence-corrected chi connectivity index (χ4v) is 3.10. The molecule has 1 aliphatic rings. The number of oxazole rings is 1. The monoisotopic (exact) mass is 262 g/mol. The number of nitrogens with one attached hydrogen (secondary N) is 1. The van der Waals surface area contributed by atoms with Crippen molar-refractivity contribution in [2.45, 2.75) is 39.3 Å². The van der Waals surface area contributed by atoms with Crippen LogP contribution in [0, 0.1) is 19.8 Å². The van der Waals surface area contributed by atoms with E-state index in [-0.39, 0.29) is 0 Å². The predicted molar refractivity (Wildman–Crippen MR) is 72.6 cm³/mol. The lowest BCUT2D eigenvalue weighted by Crippen LogP contribution is -2.22. The van der Waals surface area contributed by atoms with Gasteiger partial charge in [0.1, 0.15) is 5.76 Å². The smallest absolute Gasteiger partial charge is 0.208 e. The number of hydrogen-bond donors (Lipinski definition) is 1. The molecule has 0 aromatic carbocycles. The van der Waals surface area contributed by atoms with Crippen LogP contribution in [0.3, 0.4) is 0 Å². The fraction of sp³-hybridized carbons (Fsp3) is 0.500. The van der Waals surface area contributed by atoms with Gasteiger partial charge in [0.2, 0.25) is 5.89 Å². The summed E-state index contributed by atoms with van der Waals surface area (Å²) < 4.78 is 5.61. The van der Waals surface area contributed by atoms with E-state index in [4.69, 9.17) is 4.42 Å². The molecule has 0 amide bonds. The molecule has 1 unspecified atom stereocenters. The summed E-state index contributed by atoms with van der Waals surface area (Å²) in [6.45, 7) is 4.66. The van der Waals surface area contributed by atoms with Gasteiger partial charge in [-0.05, 0) is 44.1 Å². The van der Waals surface area contributed by atoms with Crippen molar-refractivity contribution in [3.8, 4) is 0 Å². The van der Waals surface area contributed by atoms with E-state index in [1.54, 1.807) is 0 Å². The van der Waals surface area contributed by atoms with Crippen LogP contribution >= 0.6 is 11.3 Å². The maximum atomic E-state index is 5.61. The van der Waals surface area contributed by atoms with E-state index in [1.807, 2.05) is 25.2 Å². The Hall–Kier alpha value is -1.13. The van der Waals surface area contributed by atoms with E-state index in [0.29, 0.717) is 12.6 Å². The molecule has 2 aromatic heterocycles. The Morgan fingerprint density at radius 2 is 2.33 bits per heavy atom. The molecule has 0 saturated heterocycles. The number of thiophene rings is 1. The average Bonchev–Trinajstić information content (AvgIpc) is 2.93. The third-order valence-electron chi connectivity index (χ3n) is 3.49. The van der Waals surface area contributed by atoms with Gasteiger partial charge in [-0.3, -0.25) is 0 Å². The summed E-state index contributed by atoms with van der Waals surface area (Å²) in [5.41, 5.74) is 0.992. The average molecular weight is 262 g/mol. The van der Waals surface area contributed by atoms with Crippen molar-refractivity contribution in [2.24, 2.45) is 5.92 Å². The standard InChI is InChI=1S/C14H18N2OS/c1-9-10(2)17-13(16-9)8-15-14(11-5-6-11)12-4-3-7-18-12/h3-4,7,11,14-15H,5-6,8H2,1-2H3. The topological polar surface area (TPSA) is 38.1 Å². The van der Waals surface area contributed by atoms with Gasteiger partial charge in [-0.1, -0.05) is 6.07 Å². The highest BCUT2D eigenvalue weighted by molar-refractivity contribution is 7.10. The number of nitrogens with zero attached hydrogens (tertiary/aromatic N) is 1. The van der Waals surface area contributed by atoms with Crippen molar-refractivity contribution in [3.05, 3.63) is 39.7 Å². The molecular formula is C14H18N2OS. The van der Waals surface area contributed by atoms with Gasteiger partial charge in [-0.15, -0.1) is 11.3 Å². The van der Waals surface area contributed by atoms with Crippen LogP contribution in [0.15, 0.2) is 21.9 Å². The largest absolute Gasteiger partial charge is 0.444 e. The molecule has 2 heterocycles. The van der Waals surface area contributed by atoms with E-state index >= 15 is 0 Å². The summed E-state index contributed by atoms with van der Waals surface area (Å²) >= 11 is 1.83. The maximum Gasteiger partial charge on any atom is 0.208 e. The van der Waals surface area contributed by atoms with Gasteiger partial charge >= 0.3 is 0 Å². The first-order valence-corrected chi connectivity index (χ1v) is 7.31. The Bertz CT molecular complexity index is 494. The molecule has 3 rings (SSSR count). The summed E-state index contributed by atoms with van der Waals surface area (Å²) in [5.74, 6) is 2.51. The molecule has 1 N–H and O–H groups in total. The highest BCUT2D eigenvalue weighted by atomic mass is 32.1. The van der Waals surface area contributed by atoms with Gasteiger partial charge in [-0.25, -0.2) is 4.98 Å². The molecule has 4 heteroatoms. The van der Waals surface area contributed by atoms with Crippen molar-refractivity contribution in [1.82, 2.24) is 10.3 Å². The summed E-state index contributed by atoms with van der Waals surface area (Å²) in [6, 6.07) is 4.81. The second-order valence-electron chi connectivity index (χ2n) is 4.96. The quantitative estimate of drug-likeness (QED) is 0.894. The third-order valence-corrected chi connectivity index (χ3v) is 4.44. The van der Waals surface area contributed by atoms with E-state index in [2.05, 4.69) is 27.8 Å². The van der Waals surface area contributed by atoms with E-state index in [1.165, 1.54) is 17.7 Å². The molecule has 0 bridgehead atoms. The van der Waals surface area contributed by atoms with Crippen molar-refractivity contribution in [3.63, 3.8) is 0 Å². The number of aryl methyl sites for hydroxylation is 2. The lowest BCUT2D eigenvalue weighted by molar-refractivity contribution is 0.409. The highest BCUT2D eigenvalue weighted by Crippen LogP contribution is 2.42. The molecule has 3 nitrogen and oxygen atoms in total. The van der Waals surface area contributed by atoms with Gasteiger partial charge in [0, 0.05) is 10.9 Å². The van der Waals surface area contributed by atoms with E-state index < -0.39 is 0 Å². The van der Waals surface area contributed by atoms with Crippen LogP contribution in [0.25, 0.3) is 0 Å². The Morgan fingerprint density at radius 3 is 2.89 bits per heavy atom. The number of rotatable bonds is 5. The third kappa shape index (κ3) is 2.49. The summed E-state index contributed by atoms with van der Waals surface area (Å²) in [5, 5.41) is 5.74. The predicted octanol–water partition coefficient (Wildman–Crippen LogP) is 3.59. The van der Waals surface area contributed by atoms with E-state index in [9.17, 15) is 0 Å². The van der Waals surface area contributed by atoms with Crippen LogP contribution in [0.1, 0.15) is 41.1 Å². The molecule has 18 heavy (non-hydrogen) atoms. The Morgan fingerprint density at radius 1 is 1.50 bits per heavy atom. The van der Waals surface area contributed by atoms with Crippen molar-refractivity contribution < 1.29 is 4.42 Å². The van der Waals surface area contributed by atoms with Crippen LogP contribution in [-0.4, -0.2) is 4.98 Å². The first kappa shape index (κ1) is 11.9. The molecular weight excluding hydrogens is 244 g/mol. The van der Waals surface area contributed by atoms with Gasteiger partial charge in [0.25, 0.3) is 0 Å². The number of hydrogen-bond acceptors (Lipinski definition) is 4. The second-order valence-corrected chi connectivity index (χ2v) is 5.94. The second kappa shape index (κ2) is 4.86. The highest BCUT2D eigenvalue weighted by Gasteiger charge is 2.32. The number of aromatic nitrogens is 1. The SMILES string of the molecule is Cc1nc(CNC(c2cccs2)C2CC2)oc1C. The van der Waals surface area contributed by atoms with Gasteiger partial charge in [-0.2, -0.15) is 0 Å². The Kier molecular flexibility index (Phi) is 3.22. The fourth-order valence-electron chi connectivity index (χ4n) is 2.21. The Labute approximate surface area is 111 Å². The molecule has 1 aliphatic carbocycles. The lowest BCUT2D eigenvalue weighted by Gasteiger charge is -2.15. The zero-order valence-electron chi connectivity index (χ0n) is 10.8. The summed E-state index contributed by atoms with van der Waals surface area (Å²) in [4.78, 5) is 5.85.